The third-order valence-corrected chi connectivity index (χ3v) is 7.31. The lowest BCUT2D eigenvalue weighted by molar-refractivity contribution is 0.147. The van der Waals surface area contributed by atoms with E-state index in [9.17, 15) is 9.36 Å². The molecule has 0 aromatic heterocycles. The molecule has 0 N–H and O–H groups in total. The van der Waals surface area contributed by atoms with Crippen molar-refractivity contribution in [1.82, 2.24) is 4.67 Å². The first-order chi connectivity index (χ1) is 8.45. The van der Waals surface area contributed by atoms with Crippen molar-refractivity contribution < 1.29 is 18.6 Å². The van der Waals surface area contributed by atoms with Gasteiger partial charge in [0.1, 0.15) is 6.54 Å². The van der Waals surface area contributed by atoms with E-state index in [-0.39, 0.29) is 18.4 Å². The van der Waals surface area contributed by atoms with Gasteiger partial charge in [-0.2, -0.15) is 5.26 Å². The molecule has 8 heteroatoms. The van der Waals surface area contributed by atoms with E-state index >= 15 is 0 Å². The lowest BCUT2D eigenvalue weighted by Crippen LogP contribution is -2.28. The van der Waals surface area contributed by atoms with E-state index < -0.39 is 12.8 Å². The SMILES string of the molecule is CCOP(=O)(SC(C)CC)N(CC#N)C(=O)OC. The van der Waals surface area contributed by atoms with Crippen LogP contribution >= 0.6 is 18.1 Å². The van der Waals surface area contributed by atoms with E-state index in [4.69, 9.17) is 9.79 Å². The van der Waals surface area contributed by atoms with Crippen molar-refractivity contribution in [2.75, 3.05) is 20.3 Å². The van der Waals surface area contributed by atoms with Crippen LogP contribution in [-0.2, 0) is 13.8 Å². The monoisotopic (exact) mass is 294 g/mol. The van der Waals surface area contributed by atoms with Crippen molar-refractivity contribution in [3.05, 3.63) is 0 Å². The van der Waals surface area contributed by atoms with Crippen molar-refractivity contribution in [3.8, 4) is 6.07 Å². The molecule has 104 valence electrons. The Bertz CT molecular complexity index is 358. The minimum absolute atomic E-state index is 0.0493. The van der Waals surface area contributed by atoms with Gasteiger partial charge in [0, 0.05) is 5.25 Å². The molecule has 0 aromatic carbocycles. The van der Waals surface area contributed by atoms with Gasteiger partial charge >= 0.3 is 12.8 Å². The lowest BCUT2D eigenvalue weighted by Gasteiger charge is -2.28. The van der Waals surface area contributed by atoms with Gasteiger partial charge in [0.2, 0.25) is 0 Å². The van der Waals surface area contributed by atoms with E-state index in [2.05, 4.69) is 4.74 Å². The van der Waals surface area contributed by atoms with E-state index in [0.717, 1.165) is 22.5 Å². The number of nitrogens with zero attached hydrogens (tertiary/aromatic N) is 2. The van der Waals surface area contributed by atoms with Crippen molar-refractivity contribution in [3.63, 3.8) is 0 Å². The minimum atomic E-state index is -3.44. The maximum Gasteiger partial charge on any atom is 0.418 e. The number of rotatable bonds is 7. The van der Waals surface area contributed by atoms with Gasteiger partial charge in [0.15, 0.2) is 0 Å². The molecule has 0 aromatic rings. The number of nitriles is 1. The number of hydrogen-bond donors (Lipinski definition) is 0. The minimum Gasteiger partial charge on any atom is -0.452 e. The molecule has 0 aliphatic rings. The molecule has 0 saturated carbocycles. The van der Waals surface area contributed by atoms with E-state index in [1.807, 2.05) is 13.8 Å². The summed E-state index contributed by atoms with van der Waals surface area (Å²) < 4.78 is 23.3. The van der Waals surface area contributed by atoms with Gasteiger partial charge in [-0.1, -0.05) is 13.8 Å². The van der Waals surface area contributed by atoms with Crippen LogP contribution < -0.4 is 0 Å². The van der Waals surface area contributed by atoms with E-state index in [0.29, 0.717) is 0 Å². The van der Waals surface area contributed by atoms with Crippen LogP contribution in [0.15, 0.2) is 0 Å². The number of carbonyl (C=O) groups excluding carboxylic acids is 1. The molecular formula is C10H19N2O4PS. The maximum atomic E-state index is 12.7. The highest BCUT2D eigenvalue weighted by atomic mass is 32.7. The molecule has 0 spiro atoms. The van der Waals surface area contributed by atoms with E-state index in [1.165, 1.54) is 7.11 Å². The smallest absolute Gasteiger partial charge is 0.418 e. The number of carbonyl (C=O) groups is 1. The Hall–Kier alpha value is -0.700. The fourth-order valence-electron chi connectivity index (χ4n) is 1.05. The van der Waals surface area contributed by atoms with Gasteiger partial charge in [0.25, 0.3) is 0 Å². The highest BCUT2D eigenvalue weighted by Gasteiger charge is 2.38. The Morgan fingerprint density at radius 2 is 2.17 bits per heavy atom. The zero-order valence-electron chi connectivity index (χ0n) is 11.1. The molecule has 1 amide bonds. The topological polar surface area (TPSA) is 79.6 Å². The number of hydrogen-bond acceptors (Lipinski definition) is 6. The number of ether oxygens (including phenoxy) is 1. The molecule has 0 bridgehead atoms. The van der Waals surface area contributed by atoms with Gasteiger partial charge in [-0.3, -0.25) is 4.57 Å². The number of amides is 1. The van der Waals surface area contributed by atoms with Gasteiger partial charge in [-0.25, -0.2) is 9.46 Å². The van der Waals surface area contributed by atoms with Crippen molar-refractivity contribution >= 4 is 24.2 Å². The van der Waals surface area contributed by atoms with Crippen LogP contribution in [0.1, 0.15) is 27.2 Å². The average molecular weight is 294 g/mol. The van der Waals surface area contributed by atoms with Crippen LogP contribution in [-0.4, -0.2) is 36.3 Å². The second-order valence-corrected chi connectivity index (χ2v) is 8.11. The van der Waals surface area contributed by atoms with Crippen molar-refractivity contribution in [2.45, 2.75) is 32.4 Å². The Labute approximate surface area is 112 Å². The maximum absolute atomic E-state index is 12.7. The summed E-state index contributed by atoms with van der Waals surface area (Å²) in [7, 11) is 1.18. The van der Waals surface area contributed by atoms with Gasteiger partial charge in [-0.05, 0) is 24.7 Å². The Balaban J connectivity index is 5.18. The molecule has 6 nitrogen and oxygen atoms in total. The quantitative estimate of drug-likeness (QED) is 0.529. The second kappa shape index (κ2) is 8.41. The average Bonchev–Trinajstić information content (AvgIpc) is 2.34. The summed E-state index contributed by atoms with van der Waals surface area (Å²) in [6.45, 7) is 1.95. The summed E-state index contributed by atoms with van der Waals surface area (Å²) in [6.07, 6.45) is -0.0346. The molecular weight excluding hydrogens is 275 g/mol. The normalized spacial score (nSPS) is 15.3. The van der Waals surface area contributed by atoms with Crippen LogP contribution in [0.2, 0.25) is 0 Å². The zero-order chi connectivity index (χ0) is 14.2. The second-order valence-electron chi connectivity index (χ2n) is 3.40. The Morgan fingerprint density at radius 1 is 1.56 bits per heavy atom. The Morgan fingerprint density at radius 3 is 2.56 bits per heavy atom. The van der Waals surface area contributed by atoms with Crippen LogP contribution in [0.25, 0.3) is 0 Å². The fourth-order valence-corrected chi connectivity index (χ4v) is 5.83. The molecule has 0 rings (SSSR count). The Kier molecular flexibility index (Phi) is 8.08. The first kappa shape index (κ1) is 17.3. The van der Waals surface area contributed by atoms with Crippen LogP contribution in [0.4, 0.5) is 4.79 Å². The largest absolute Gasteiger partial charge is 0.452 e. The van der Waals surface area contributed by atoms with Crippen LogP contribution in [0.3, 0.4) is 0 Å². The predicted molar refractivity (Wildman–Crippen MR) is 71.3 cm³/mol. The summed E-state index contributed by atoms with van der Waals surface area (Å²) in [5.74, 6) is 0. The fraction of sp³-hybridized carbons (Fsp3) is 0.800. The van der Waals surface area contributed by atoms with Gasteiger partial charge in [0.05, 0.1) is 19.8 Å². The molecule has 2 unspecified atom stereocenters. The molecule has 0 aliphatic heterocycles. The summed E-state index contributed by atoms with van der Waals surface area (Å²) in [5, 5.41) is 8.77. The highest BCUT2D eigenvalue weighted by Crippen LogP contribution is 2.64. The molecule has 18 heavy (non-hydrogen) atoms. The van der Waals surface area contributed by atoms with Crippen molar-refractivity contribution in [2.24, 2.45) is 0 Å². The van der Waals surface area contributed by atoms with Crippen LogP contribution in [0, 0.1) is 11.3 Å². The first-order valence-electron chi connectivity index (χ1n) is 5.61. The molecule has 0 saturated heterocycles. The summed E-state index contributed by atoms with van der Waals surface area (Å²) in [4.78, 5) is 11.6. The number of methoxy groups -OCH3 is 1. The third kappa shape index (κ3) is 4.89. The lowest BCUT2D eigenvalue weighted by atomic mass is 10.4. The van der Waals surface area contributed by atoms with E-state index in [1.54, 1.807) is 13.0 Å². The molecule has 0 fully saturated rings. The van der Waals surface area contributed by atoms with Gasteiger partial charge < -0.3 is 9.26 Å². The molecule has 0 aliphatic carbocycles. The molecule has 0 heterocycles. The highest BCUT2D eigenvalue weighted by molar-refractivity contribution is 8.56. The predicted octanol–water partition coefficient (Wildman–Crippen LogP) is 3.25. The molecule has 0 radical (unpaired) electrons. The third-order valence-electron chi connectivity index (χ3n) is 2.08. The van der Waals surface area contributed by atoms with Crippen LogP contribution in [0.5, 0.6) is 0 Å². The van der Waals surface area contributed by atoms with Gasteiger partial charge in [-0.15, -0.1) is 0 Å². The summed E-state index contributed by atoms with van der Waals surface area (Å²) in [6, 6.07) is 1.80. The standard InChI is InChI=1S/C10H19N2O4PS/c1-5-9(3)18-17(14,16-6-2)12(8-7-11)10(13)15-4/h9H,5-6,8H2,1-4H3. The zero-order valence-corrected chi connectivity index (χ0v) is 12.8. The summed E-state index contributed by atoms with van der Waals surface area (Å²) in [5.41, 5.74) is 0. The summed E-state index contributed by atoms with van der Waals surface area (Å²) >= 11 is 1.07. The first-order valence-corrected chi connectivity index (χ1v) is 8.67. The van der Waals surface area contributed by atoms with Crippen molar-refractivity contribution in [1.29, 1.82) is 5.26 Å². The molecule has 2 atom stereocenters.